The van der Waals surface area contributed by atoms with Crippen molar-refractivity contribution in [2.24, 2.45) is 5.92 Å². The van der Waals surface area contributed by atoms with Crippen molar-refractivity contribution in [3.05, 3.63) is 22.6 Å². The van der Waals surface area contributed by atoms with Gasteiger partial charge in [0.25, 0.3) is 0 Å². The van der Waals surface area contributed by atoms with E-state index in [4.69, 9.17) is 4.42 Å². The van der Waals surface area contributed by atoms with Gasteiger partial charge < -0.3 is 9.73 Å². The highest BCUT2D eigenvalue weighted by molar-refractivity contribution is 5.34. The maximum atomic E-state index is 5.89. The fourth-order valence-electron chi connectivity index (χ4n) is 3.72. The Morgan fingerprint density at radius 1 is 1.05 bits per heavy atom. The van der Waals surface area contributed by atoms with E-state index in [0.717, 1.165) is 24.0 Å². The summed E-state index contributed by atoms with van der Waals surface area (Å²) in [4.78, 5) is 0. The molecule has 1 saturated carbocycles. The van der Waals surface area contributed by atoms with Crippen LogP contribution in [0.25, 0.3) is 0 Å². The Bertz CT molecular complexity index is 413. The first-order chi connectivity index (χ1) is 9.65. The molecular weight excluding hydrogens is 246 g/mol. The van der Waals surface area contributed by atoms with E-state index in [1.54, 1.807) is 0 Å². The normalized spacial score (nSPS) is 19.0. The van der Waals surface area contributed by atoms with Crippen molar-refractivity contribution in [3.63, 3.8) is 0 Å². The van der Waals surface area contributed by atoms with Gasteiger partial charge in [-0.3, -0.25) is 0 Å². The number of nitrogens with one attached hydrogen (secondary N) is 1. The zero-order valence-corrected chi connectivity index (χ0v) is 13.7. The molecule has 0 bridgehead atoms. The molecule has 1 N–H and O–H groups in total. The molecule has 1 atom stereocenters. The Labute approximate surface area is 124 Å². The van der Waals surface area contributed by atoms with Crippen LogP contribution in [0, 0.1) is 26.7 Å². The van der Waals surface area contributed by atoms with Crippen molar-refractivity contribution in [2.75, 3.05) is 6.54 Å². The molecule has 1 aromatic rings. The van der Waals surface area contributed by atoms with Crippen LogP contribution in [0.3, 0.4) is 0 Å². The summed E-state index contributed by atoms with van der Waals surface area (Å²) >= 11 is 0. The van der Waals surface area contributed by atoms with Gasteiger partial charge in [-0.2, -0.15) is 0 Å². The number of aryl methyl sites for hydroxylation is 2. The first-order valence-electron chi connectivity index (χ1n) is 8.45. The lowest BCUT2D eigenvalue weighted by Crippen LogP contribution is -2.29. The minimum absolute atomic E-state index is 0.491. The summed E-state index contributed by atoms with van der Waals surface area (Å²) in [5, 5.41) is 3.82. The summed E-state index contributed by atoms with van der Waals surface area (Å²) in [7, 11) is 0. The molecule has 2 nitrogen and oxygen atoms in total. The van der Waals surface area contributed by atoms with E-state index in [9.17, 15) is 0 Å². The van der Waals surface area contributed by atoms with Gasteiger partial charge in [0.2, 0.25) is 0 Å². The van der Waals surface area contributed by atoms with Crippen LogP contribution in [0.15, 0.2) is 4.42 Å². The Hall–Kier alpha value is -0.760. The van der Waals surface area contributed by atoms with E-state index in [1.807, 2.05) is 0 Å². The second-order valence-corrected chi connectivity index (χ2v) is 6.44. The Morgan fingerprint density at radius 3 is 2.20 bits per heavy atom. The highest BCUT2D eigenvalue weighted by atomic mass is 16.3. The molecule has 1 aliphatic rings. The zero-order chi connectivity index (χ0) is 14.5. The lowest BCUT2D eigenvalue weighted by molar-refractivity contribution is 0.321. The molecule has 114 valence electrons. The molecule has 1 aromatic heterocycles. The molecule has 1 aliphatic carbocycles. The van der Waals surface area contributed by atoms with Crippen molar-refractivity contribution in [1.82, 2.24) is 5.32 Å². The number of rotatable bonds is 5. The molecule has 0 aliphatic heterocycles. The summed E-state index contributed by atoms with van der Waals surface area (Å²) in [5.74, 6) is 2.99. The molecular formula is C18H31NO. The van der Waals surface area contributed by atoms with E-state index >= 15 is 0 Å². The fraction of sp³-hybridized carbons (Fsp3) is 0.778. The zero-order valence-electron chi connectivity index (χ0n) is 13.7. The van der Waals surface area contributed by atoms with Crippen LogP contribution in [0.2, 0.25) is 0 Å². The lowest BCUT2D eigenvalue weighted by atomic mass is 9.85. The predicted molar refractivity (Wildman–Crippen MR) is 85.1 cm³/mol. The molecule has 1 fully saturated rings. The van der Waals surface area contributed by atoms with Crippen molar-refractivity contribution in [3.8, 4) is 0 Å². The van der Waals surface area contributed by atoms with Gasteiger partial charge in [0.15, 0.2) is 0 Å². The second-order valence-electron chi connectivity index (χ2n) is 6.44. The summed E-state index contributed by atoms with van der Waals surface area (Å²) < 4.78 is 5.89. The van der Waals surface area contributed by atoms with E-state index in [1.165, 1.54) is 56.1 Å². The molecule has 1 heterocycles. The third-order valence-electron chi connectivity index (χ3n) is 4.91. The van der Waals surface area contributed by atoms with Gasteiger partial charge in [-0.15, -0.1) is 0 Å². The molecule has 1 unspecified atom stereocenters. The van der Waals surface area contributed by atoms with Crippen molar-refractivity contribution >= 4 is 0 Å². The van der Waals surface area contributed by atoms with E-state index in [0.29, 0.717) is 6.04 Å². The summed E-state index contributed by atoms with van der Waals surface area (Å²) in [6.45, 7) is 9.79. The predicted octanol–water partition coefficient (Wildman–Crippen LogP) is 5.22. The fourth-order valence-corrected chi connectivity index (χ4v) is 3.72. The molecule has 0 amide bonds. The molecule has 0 aromatic carbocycles. The molecule has 0 spiro atoms. The van der Waals surface area contributed by atoms with Crippen LogP contribution < -0.4 is 5.32 Å². The van der Waals surface area contributed by atoms with Crippen LogP contribution in [0.4, 0.5) is 0 Å². The lowest BCUT2D eigenvalue weighted by Gasteiger charge is -2.28. The maximum Gasteiger partial charge on any atom is 0.106 e. The van der Waals surface area contributed by atoms with Crippen LogP contribution >= 0.6 is 0 Å². The average Bonchev–Trinajstić information content (AvgIpc) is 2.66. The number of hydrogen-bond acceptors (Lipinski definition) is 2. The molecule has 0 saturated heterocycles. The van der Waals surface area contributed by atoms with Gasteiger partial charge in [0, 0.05) is 11.6 Å². The van der Waals surface area contributed by atoms with Crippen LogP contribution in [0.1, 0.15) is 80.6 Å². The van der Waals surface area contributed by atoms with Gasteiger partial charge in [-0.25, -0.2) is 0 Å². The smallest absolute Gasteiger partial charge is 0.106 e. The van der Waals surface area contributed by atoms with E-state index in [-0.39, 0.29) is 0 Å². The first kappa shape index (κ1) is 15.6. The highest BCUT2D eigenvalue weighted by Crippen LogP contribution is 2.37. The largest absolute Gasteiger partial charge is 0.466 e. The summed E-state index contributed by atoms with van der Waals surface area (Å²) in [6.07, 6.45) is 9.54. The minimum Gasteiger partial charge on any atom is -0.466 e. The molecule has 2 heteroatoms. The monoisotopic (exact) mass is 277 g/mol. The van der Waals surface area contributed by atoms with Crippen molar-refractivity contribution in [2.45, 2.75) is 78.7 Å². The SMILES string of the molecule is CCCNC(c1c(C)oc(C)c1C)C1CCCCCC1. The summed E-state index contributed by atoms with van der Waals surface area (Å²) in [6, 6.07) is 0.491. The van der Waals surface area contributed by atoms with Crippen LogP contribution in [-0.2, 0) is 0 Å². The summed E-state index contributed by atoms with van der Waals surface area (Å²) in [5.41, 5.74) is 2.81. The Morgan fingerprint density at radius 2 is 1.70 bits per heavy atom. The third-order valence-corrected chi connectivity index (χ3v) is 4.91. The van der Waals surface area contributed by atoms with Crippen molar-refractivity contribution < 1.29 is 4.42 Å². The first-order valence-corrected chi connectivity index (χ1v) is 8.45. The van der Waals surface area contributed by atoms with Gasteiger partial charge in [-0.1, -0.05) is 32.6 Å². The van der Waals surface area contributed by atoms with Crippen LogP contribution in [0.5, 0.6) is 0 Å². The Balaban J connectivity index is 2.25. The number of furan rings is 1. The second kappa shape index (κ2) is 7.31. The molecule has 0 radical (unpaired) electrons. The average molecular weight is 277 g/mol. The van der Waals surface area contributed by atoms with Gasteiger partial charge in [-0.05, 0) is 58.1 Å². The third kappa shape index (κ3) is 3.46. The standard InChI is InChI=1S/C18H31NO/c1-5-12-19-18(16-10-8-6-7-9-11-16)17-13(2)14(3)20-15(17)4/h16,18-19H,5-12H2,1-4H3. The maximum absolute atomic E-state index is 5.89. The number of hydrogen-bond donors (Lipinski definition) is 1. The topological polar surface area (TPSA) is 25.2 Å². The van der Waals surface area contributed by atoms with Crippen LogP contribution in [-0.4, -0.2) is 6.54 Å². The van der Waals surface area contributed by atoms with Gasteiger partial charge in [0.05, 0.1) is 0 Å². The van der Waals surface area contributed by atoms with Gasteiger partial charge in [0.1, 0.15) is 11.5 Å². The van der Waals surface area contributed by atoms with Gasteiger partial charge >= 0.3 is 0 Å². The quantitative estimate of drug-likeness (QED) is 0.747. The Kier molecular flexibility index (Phi) is 5.71. The van der Waals surface area contributed by atoms with Crippen molar-refractivity contribution in [1.29, 1.82) is 0 Å². The highest BCUT2D eigenvalue weighted by Gasteiger charge is 2.28. The minimum atomic E-state index is 0.491. The van der Waals surface area contributed by atoms with E-state index < -0.39 is 0 Å². The molecule has 20 heavy (non-hydrogen) atoms. The molecule has 2 rings (SSSR count). The van der Waals surface area contributed by atoms with E-state index in [2.05, 4.69) is 33.0 Å².